The van der Waals surface area contributed by atoms with Crippen molar-refractivity contribution >= 4 is 37.3 Å². The zero-order valence-electron chi connectivity index (χ0n) is 22.1. The average molecular weight is 587 g/mol. The van der Waals surface area contributed by atoms with E-state index >= 15 is 0 Å². The highest BCUT2D eigenvalue weighted by Crippen LogP contribution is 2.28. The Morgan fingerprint density at radius 3 is 2.08 bits per heavy atom. The fourth-order valence-electron chi connectivity index (χ4n) is 3.47. The van der Waals surface area contributed by atoms with Gasteiger partial charge in [-0.05, 0) is 70.2 Å². The van der Waals surface area contributed by atoms with E-state index < -0.39 is 26.2 Å². The molecule has 0 aromatic heterocycles. The van der Waals surface area contributed by atoms with E-state index in [0.717, 1.165) is 16.7 Å². The lowest BCUT2D eigenvalue weighted by Crippen LogP contribution is -2.32. The number of hydrogen-bond donors (Lipinski definition) is 2. The second-order valence-electron chi connectivity index (χ2n) is 9.27. The van der Waals surface area contributed by atoms with Crippen molar-refractivity contribution in [3.63, 3.8) is 0 Å². The van der Waals surface area contributed by atoms with Gasteiger partial charge < -0.3 is 5.11 Å². The summed E-state index contributed by atoms with van der Waals surface area (Å²) in [6, 6.07) is 17.2. The van der Waals surface area contributed by atoms with Crippen LogP contribution in [0.2, 0.25) is 5.02 Å². The van der Waals surface area contributed by atoms with Crippen molar-refractivity contribution in [1.82, 2.24) is 4.31 Å². The van der Waals surface area contributed by atoms with Crippen molar-refractivity contribution in [3.05, 3.63) is 100 Å². The monoisotopic (exact) mass is 586 g/mol. The van der Waals surface area contributed by atoms with Gasteiger partial charge in [-0.1, -0.05) is 70.5 Å². The molecule has 7 nitrogen and oxygen atoms in total. The first-order valence-corrected chi connectivity index (χ1v) is 15.4. The molecule has 10 heteroatoms. The zero-order valence-corrected chi connectivity index (χ0v) is 24.5. The number of aryl methyl sites for hydroxylation is 2. The molecule has 0 fully saturated rings. The van der Waals surface area contributed by atoms with Crippen LogP contribution in [0.1, 0.15) is 36.6 Å². The number of halogens is 1. The van der Waals surface area contributed by atoms with Crippen LogP contribution in [0.25, 0.3) is 0 Å². The number of aliphatic hydroxyl groups excluding tert-OH is 1. The Kier molecular flexibility index (Phi) is 9.99. The minimum atomic E-state index is -3.95. The molecule has 206 valence electrons. The Hall–Kier alpha value is -3.13. The second-order valence-corrected chi connectivity index (χ2v) is 13.3. The first-order valence-electron chi connectivity index (χ1n) is 12.0. The molecule has 0 saturated carbocycles. The summed E-state index contributed by atoms with van der Waals surface area (Å²) in [7, 11) is -7.80. The van der Waals surface area contributed by atoms with Gasteiger partial charge in [0.2, 0.25) is 10.0 Å². The maximum absolute atomic E-state index is 13.3. The summed E-state index contributed by atoms with van der Waals surface area (Å²) in [6.45, 7) is 7.36. The fourth-order valence-corrected chi connectivity index (χ4v) is 6.03. The van der Waals surface area contributed by atoms with Crippen LogP contribution < -0.4 is 4.72 Å². The lowest BCUT2D eigenvalue weighted by molar-refractivity contribution is 0.239. The van der Waals surface area contributed by atoms with Gasteiger partial charge in [-0.2, -0.15) is 4.31 Å². The summed E-state index contributed by atoms with van der Waals surface area (Å²) in [5, 5.41) is 11.1. The summed E-state index contributed by atoms with van der Waals surface area (Å²) in [6.07, 6.45) is 0.338. The molecule has 39 heavy (non-hydrogen) atoms. The largest absolute Gasteiger partial charge is 0.376 e. The summed E-state index contributed by atoms with van der Waals surface area (Å²) in [5.41, 5.74) is 3.03. The molecule has 0 aliphatic heterocycles. The zero-order chi connectivity index (χ0) is 28.8. The second kappa shape index (κ2) is 12.8. The fraction of sp³-hybridized carbons (Fsp3) is 0.241. The number of aliphatic hydroxyl groups is 1. The number of nitrogens with one attached hydrogen (secondary N) is 1. The minimum Gasteiger partial charge on any atom is -0.376 e. The topological polar surface area (TPSA) is 104 Å². The van der Waals surface area contributed by atoms with Crippen molar-refractivity contribution in [1.29, 1.82) is 0 Å². The van der Waals surface area contributed by atoms with Crippen molar-refractivity contribution in [2.45, 2.75) is 43.6 Å². The molecular weight excluding hydrogens is 556 g/mol. The Morgan fingerprint density at radius 2 is 1.51 bits per heavy atom. The van der Waals surface area contributed by atoms with Crippen LogP contribution in [0.5, 0.6) is 0 Å². The number of hydrogen-bond acceptors (Lipinski definition) is 5. The molecule has 0 heterocycles. The molecule has 3 aromatic carbocycles. The van der Waals surface area contributed by atoms with Gasteiger partial charge in [0.1, 0.15) is 6.10 Å². The van der Waals surface area contributed by atoms with E-state index in [0.29, 0.717) is 0 Å². The molecule has 0 bridgehead atoms. The maximum Gasteiger partial charge on any atom is 0.261 e. The predicted molar refractivity (Wildman–Crippen MR) is 156 cm³/mol. The molecule has 0 spiro atoms. The molecule has 1 unspecified atom stereocenters. The SMILES string of the molecule is CC(C)=CCN(CC#CC(O)c1cc(Cl)ccc1NS(=O)(=O)c1ccc(C)cc1)S(=O)(=O)c1ccc(C)cc1. The molecule has 0 radical (unpaired) electrons. The van der Waals surface area contributed by atoms with Gasteiger partial charge in [0.25, 0.3) is 10.0 Å². The third-order valence-corrected chi connectivity index (χ3v) is 9.18. The van der Waals surface area contributed by atoms with Crippen LogP contribution in [-0.2, 0) is 20.0 Å². The number of allylic oxidation sites excluding steroid dienone is 1. The summed E-state index contributed by atoms with van der Waals surface area (Å²) in [5.74, 6) is 5.37. The van der Waals surface area contributed by atoms with Crippen LogP contribution in [0, 0.1) is 25.7 Å². The first kappa shape index (κ1) is 30.4. The lowest BCUT2D eigenvalue weighted by Gasteiger charge is -2.19. The molecule has 1 atom stereocenters. The summed E-state index contributed by atoms with van der Waals surface area (Å²) in [4.78, 5) is 0.200. The van der Waals surface area contributed by atoms with Gasteiger partial charge >= 0.3 is 0 Å². The van der Waals surface area contributed by atoms with Crippen LogP contribution in [0.3, 0.4) is 0 Å². The highest BCUT2D eigenvalue weighted by Gasteiger charge is 2.23. The third-order valence-electron chi connectivity index (χ3n) is 5.74. The van der Waals surface area contributed by atoms with Gasteiger partial charge in [-0.3, -0.25) is 4.72 Å². The van der Waals surface area contributed by atoms with Crippen LogP contribution in [0.4, 0.5) is 5.69 Å². The van der Waals surface area contributed by atoms with E-state index in [1.165, 1.54) is 34.6 Å². The number of rotatable bonds is 9. The van der Waals surface area contributed by atoms with Gasteiger partial charge in [-0.15, -0.1) is 0 Å². The van der Waals surface area contributed by atoms with E-state index in [2.05, 4.69) is 16.6 Å². The van der Waals surface area contributed by atoms with Crippen molar-refractivity contribution in [2.75, 3.05) is 17.8 Å². The standard InChI is InChI=1S/C29H31ClN2O5S2/c1-21(2)17-19-32(39(36,37)26-14-9-23(4)10-15-26)18-5-6-29(33)27-20-24(30)11-16-28(27)31-38(34,35)25-12-7-22(3)8-13-25/h7-17,20,29,31,33H,18-19H2,1-4H3. The normalized spacial score (nSPS) is 12.4. The first-order chi connectivity index (χ1) is 18.3. The van der Waals surface area contributed by atoms with Crippen molar-refractivity contribution < 1.29 is 21.9 Å². The van der Waals surface area contributed by atoms with Crippen molar-refractivity contribution in [2.24, 2.45) is 0 Å². The minimum absolute atomic E-state index is 0.0609. The number of benzene rings is 3. The molecule has 3 aromatic rings. The van der Waals surface area contributed by atoms with Gasteiger partial charge in [0.05, 0.1) is 22.0 Å². The molecule has 0 saturated heterocycles. The quantitative estimate of drug-likeness (QED) is 0.256. The molecule has 0 aliphatic rings. The smallest absolute Gasteiger partial charge is 0.261 e. The molecule has 3 rings (SSSR count). The summed E-state index contributed by atoms with van der Waals surface area (Å²) < 4.78 is 56.1. The van der Waals surface area contributed by atoms with Crippen LogP contribution in [0.15, 0.2) is 88.2 Å². The number of nitrogens with zero attached hydrogens (tertiary/aromatic N) is 1. The Balaban J connectivity index is 1.89. The Labute approximate surface area is 236 Å². The van der Waals surface area contributed by atoms with Crippen LogP contribution >= 0.6 is 11.6 Å². The van der Waals surface area contributed by atoms with Gasteiger partial charge in [0.15, 0.2) is 0 Å². The van der Waals surface area contributed by atoms with Gasteiger partial charge in [0, 0.05) is 17.1 Å². The van der Waals surface area contributed by atoms with Gasteiger partial charge in [-0.25, -0.2) is 16.8 Å². The highest BCUT2D eigenvalue weighted by atomic mass is 35.5. The number of anilines is 1. The van der Waals surface area contributed by atoms with Crippen LogP contribution in [-0.4, -0.2) is 39.3 Å². The van der Waals surface area contributed by atoms with E-state index in [9.17, 15) is 21.9 Å². The maximum atomic E-state index is 13.3. The Morgan fingerprint density at radius 1 is 0.949 bits per heavy atom. The lowest BCUT2D eigenvalue weighted by atomic mass is 10.1. The molecule has 2 N–H and O–H groups in total. The van der Waals surface area contributed by atoms with E-state index in [4.69, 9.17) is 11.6 Å². The number of sulfonamides is 2. The van der Waals surface area contributed by atoms with E-state index in [-0.39, 0.29) is 39.2 Å². The molecule has 0 aliphatic carbocycles. The summed E-state index contributed by atoms with van der Waals surface area (Å²) >= 11 is 6.13. The molecule has 0 amide bonds. The Bertz CT molecular complexity index is 1620. The highest BCUT2D eigenvalue weighted by molar-refractivity contribution is 7.92. The average Bonchev–Trinajstić information content (AvgIpc) is 2.87. The van der Waals surface area contributed by atoms with E-state index in [1.54, 1.807) is 42.5 Å². The predicted octanol–water partition coefficient (Wildman–Crippen LogP) is 5.45. The van der Waals surface area contributed by atoms with E-state index in [1.807, 2.05) is 27.7 Å². The van der Waals surface area contributed by atoms with Crippen molar-refractivity contribution in [3.8, 4) is 11.8 Å². The third kappa shape index (κ3) is 8.18. The molecular formula is C29H31ClN2O5S2.